The predicted octanol–water partition coefficient (Wildman–Crippen LogP) is 1.57. The molecule has 1 N–H and O–H groups in total. The maximum absolute atomic E-state index is 12.9. The van der Waals surface area contributed by atoms with Crippen molar-refractivity contribution in [3.63, 3.8) is 0 Å². The fraction of sp³-hybridized carbons (Fsp3) is 0.538. The average Bonchev–Trinajstić information content (AvgIpc) is 2.22. The molecule has 1 unspecified atom stereocenters. The number of methoxy groups -OCH3 is 1. The molecule has 0 bridgehead atoms. The molecule has 0 spiro atoms. The van der Waals surface area contributed by atoms with E-state index in [9.17, 15) is 9.50 Å². The first-order valence-corrected chi connectivity index (χ1v) is 5.63. The normalized spacial score (nSPS) is 13.1. The number of hydrogen-bond acceptors (Lipinski definition) is 3. The van der Waals surface area contributed by atoms with Gasteiger partial charge in [0, 0.05) is 20.2 Å². The molecule has 1 rings (SSSR count). The Bertz CT molecular complexity index is 357. The van der Waals surface area contributed by atoms with Gasteiger partial charge in [0.15, 0.2) is 0 Å². The number of aliphatic hydroxyl groups is 1. The highest BCUT2D eigenvalue weighted by molar-refractivity contribution is 5.26. The third-order valence-corrected chi connectivity index (χ3v) is 2.63. The van der Waals surface area contributed by atoms with E-state index in [1.54, 1.807) is 13.2 Å². The van der Waals surface area contributed by atoms with Gasteiger partial charge in [-0.05, 0) is 37.2 Å². The molecule has 0 fully saturated rings. The Balaban J connectivity index is 2.52. The van der Waals surface area contributed by atoms with Crippen molar-refractivity contribution < 1.29 is 14.2 Å². The van der Waals surface area contributed by atoms with E-state index in [0.717, 1.165) is 11.1 Å². The quantitative estimate of drug-likeness (QED) is 0.820. The van der Waals surface area contributed by atoms with Crippen LogP contribution in [0.4, 0.5) is 4.39 Å². The number of likely N-dealkylation sites (N-methyl/N-ethyl adjacent to an activating group) is 1. The van der Waals surface area contributed by atoms with Gasteiger partial charge < -0.3 is 9.84 Å². The highest BCUT2D eigenvalue weighted by atomic mass is 19.1. The van der Waals surface area contributed by atoms with Crippen molar-refractivity contribution >= 4 is 0 Å². The zero-order valence-corrected chi connectivity index (χ0v) is 10.6. The van der Waals surface area contributed by atoms with Crippen LogP contribution in [0.3, 0.4) is 0 Å². The lowest BCUT2D eigenvalue weighted by Crippen LogP contribution is -2.31. The molecule has 96 valence electrons. The van der Waals surface area contributed by atoms with Crippen molar-refractivity contribution in [2.24, 2.45) is 0 Å². The summed E-state index contributed by atoms with van der Waals surface area (Å²) in [6.07, 6.45) is -0.495. The van der Waals surface area contributed by atoms with E-state index < -0.39 is 6.10 Å². The largest absolute Gasteiger partial charge is 0.389 e. The lowest BCUT2D eigenvalue weighted by atomic mass is 10.1. The van der Waals surface area contributed by atoms with E-state index in [2.05, 4.69) is 0 Å². The summed E-state index contributed by atoms with van der Waals surface area (Å²) in [6.45, 7) is 3.43. The first-order valence-electron chi connectivity index (χ1n) is 5.63. The molecular weight excluding hydrogens is 221 g/mol. The zero-order valence-electron chi connectivity index (χ0n) is 10.6. The minimum absolute atomic E-state index is 0.215. The Morgan fingerprint density at radius 2 is 2.18 bits per heavy atom. The summed E-state index contributed by atoms with van der Waals surface area (Å²) in [5.74, 6) is -0.215. The SMILES string of the molecule is COCC(O)CN(C)Cc1ccc(F)cc1C. The number of nitrogens with zero attached hydrogens (tertiary/aromatic N) is 1. The topological polar surface area (TPSA) is 32.7 Å². The number of halogens is 1. The maximum atomic E-state index is 12.9. The van der Waals surface area contributed by atoms with Gasteiger partial charge in [-0.25, -0.2) is 4.39 Å². The Kier molecular flexibility index (Phi) is 5.55. The lowest BCUT2D eigenvalue weighted by Gasteiger charge is -2.21. The smallest absolute Gasteiger partial charge is 0.123 e. The first kappa shape index (κ1) is 14.1. The van der Waals surface area contributed by atoms with Crippen molar-refractivity contribution in [3.05, 3.63) is 35.1 Å². The fourth-order valence-electron chi connectivity index (χ4n) is 1.80. The Morgan fingerprint density at radius 3 is 2.76 bits per heavy atom. The first-order chi connectivity index (χ1) is 8.02. The number of hydrogen-bond donors (Lipinski definition) is 1. The van der Waals surface area contributed by atoms with Crippen LogP contribution in [0.1, 0.15) is 11.1 Å². The van der Waals surface area contributed by atoms with E-state index in [1.165, 1.54) is 12.1 Å². The van der Waals surface area contributed by atoms with Crippen molar-refractivity contribution in [2.45, 2.75) is 19.6 Å². The highest BCUT2D eigenvalue weighted by Crippen LogP contribution is 2.12. The van der Waals surface area contributed by atoms with Crippen LogP contribution in [0.25, 0.3) is 0 Å². The Morgan fingerprint density at radius 1 is 1.47 bits per heavy atom. The predicted molar refractivity (Wildman–Crippen MR) is 65.4 cm³/mol. The van der Waals surface area contributed by atoms with Crippen LogP contribution in [-0.4, -0.2) is 43.4 Å². The van der Waals surface area contributed by atoms with E-state index in [0.29, 0.717) is 19.7 Å². The molecule has 0 aliphatic heterocycles. The second-order valence-corrected chi connectivity index (χ2v) is 4.38. The Labute approximate surface area is 102 Å². The van der Waals surface area contributed by atoms with Crippen molar-refractivity contribution in [3.8, 4) is 0 Å². The molecule has 1 aromatic carbocycles. The zero-order chi connectivity index (χ0) is 12.8. The third kappa shape index (κ3) is 4.81. The van der Waals surface area contributed by atoms with Gasteiger partial charge >= 0.3 is 0 Å². The number of ether oxygens (including phenoxy) is 1. The van der Waals surface area contributed by atoms with Crippen LogP contribution in [-0.2, 0) is 11.3 Å². The summed E-state index contributed by atoms with van der Waals surface area (Å²) in [6, 6.07) is 4.76. The summed E-state index contributed by atoms with van der Waals surface area (Å²) < 4.78 is 17.8. The van der Waals surface area contributed by atoms with Crippen LogP contribution in [0.15, 0.2) is 18.2 Å². The fourth-order valence-corrected chi connectivity index (χ4v) is 1.80. The molecule has 0 saturated heterocycles. The van der Waals surface area contributed by atoms with Gasteiger partial charge in [-0.15, -0.1) is 0 Å². The van der Waals surface area contributed by atoms with Gasteiger partial charge in [0.1, 0.15) is 5.82 Å². The highest BCUT2D eigenvalue weighted by Gasteiger charge is 2.09. The molecule has 0 heterocycles. The number of aryl methyl sites for hydroxylation is 1. The number of rotatable bonds is 6. The standard InChI is InChI=1S/C13H20FNO2/c1-10-6-12(14)5-4-11(10)7-15(2)8-13(16)9-17-3/h4-6,13,16H,7-9H2,1-3H3. The summed E-state index contributed by atoms with van der Waals surface area (Å²) in [5.41, 5.74) is 2.00. The van der Waals surface area contributed by atoms with Crippen molar-refractivity contribution in [2.75, 3.05) is 27.3 Å². The number of aliphatic hydroxyl groups excluding tert-OH is 1. The molecule has 0 aliphatic rings. The molecule has 17 heavy (non-hydrogen) atoms. The van der Waals surface area contributed by atoms with Crippen LogP contribution in [0.5, 0.6) is 0 Å². The molecule has 4 heteroatoms. The van der Waals surface area contributed by atoms with E-state index in [1.807, 2.05) is 18.9 Å². The molecule has 0 radical (unpaired) electrons. The minimum atomic E-state index is -0.495. The van der Waals surface area contributed by atoms with Crippen molar-refractivity contribution in [1.82, 2.24) is 4.90 Å². The number of benzene rings is 1. The van der Waals surface area contributed by atoms with Gasteiger partial charge in [0.2, 0.25) is 0 Å². The van der Waals surface area contributed by atoms with Crippen LogP contribution >= 0.6 is 0 Å². The molecule has 1 aromatic rings. The van der Waals surface area contributed by atoms with E-state index >= 15 is 0 Å². The van der Waals surface area contributed by atoms with Crippen molar-refractivity contribution in [1.29, 1.82) is 0 Å². The van der Waals surface area contributed by atoms with Gasteiger partial charge in [0.25, 0.3) is 0 Å². The molecule has 0 aliphatic carbocycles. The molecule has 3 nitrogen and oxygen atoms in total. The molecular formula is C13H20FNO2. The molecule has 0 aromatic heterocycles. The monoisotopic (exact) mass is 241 g/mol. The second kappa shape index (κ2) is 6.69. The molecule has 1 atom stereocenters. The van der Waals surface area contributed by atoms with Crippen LogP contribution in [0.2, 0.25) is 0 Å². The second-order valence-electron chi connectivity index (χ2n) is 4.38. The van der Waals surface area contributed by atoms with Crippen LogP contribution in [0, 0.1) is 12.7 Å². The lowest BCUT2D eigenvalue weighted by molar-refractivity contribution is 0.0418. The van der Waals surface area contributed by atoms with Gasteiger partial charge in [-0.2, -0.15) is 0 Å². The summed E-state index contributed by atoms with van der Waals surface area (Å²) in [7, 11) is 3.48. The van der Waals surface area contributed by atoms with Crippen LogP contribution < -0.4 is 0 Å². The summed E-state index contributed by atoms with van der Waals surface area (Å²) in [5, 5.41) is 9.58. The third-order valence-electron chi connectivity index (χ3n) is 2.63. The van der Waals surface area contributed by atoms with Gasteiger partial charge in [-0.3, -0.25) is 4.90 Å². The maximum Gasteiger partial charge on any atom is 0.123 e. The Hall–Kier alpha value is -0.970. The molecule has 0 amide bonds. The average molecular weight is 241 g/mol. The molecule has 0 saturated carbocycles. The summed E-state index contributed by atoms with van der Waals surface area (Å²) >= 11 is 0. The van der Waals surface area contributed by atoms with Gasteiger partial charge in [-0.1, -0.05) is 6.07 Å². The summed E-state index contributed by atoms with van der Waals surface area (Å²) in [4.78, 5) is 1.99. The van der Waals surface area contributed by atoms with Gasteiger partial charge in [0.05, 0.1) is 12.7 Å². The van der Waals surface area contributed by atoms with E-state index in [-0.39, 0.29) is 5.82 Å². The van der Waals surface area contributed by atoms with E-state index in [4.69, 9.17) is 4.74 Å². The minimum Gasteiger partial charge on any atom is -0.389 e.